The minimum Gasteiger partial charge on any atom is -0.497 e. The fourth-order valence-corrected chi connectivity index (χ4v) is 2.17. The fourth-order valence-electron chi connectivity index (χ4n) is 2.17. The summed E-state index contributed by atoms with van der Waals surface area (Å²) < 4.78 is 10.6. The number of anilines is 1. The van der Waals surface area contributed by atoms with Gasteiger partial charge in [-0.05, 0) is 30.3 Å². The highest BCUT2D eigenvalue weighted by molar-refractivity contribution is 5.52. The van der Waals surface area contributed by atoms with Gasteiger partial charge in [0.15, 0.2) is 0 Å². The Morgan fingerprint density at radius 3 is 2.57 bits per heavy atom. The van der Waals surface area contributed by atoms with Crippen molar-refractivity contribution in [2.24, 2.45) is 0 Å². The molecule has 0 fully saturated rings. The molecule has 0 saturated carbocycles. The Balaban J connectivity index is 2.26. The van der Waals surface area contributed by atoms with Gasteiger partial charge in [-0.25, -0.2) is 0 Å². The first-order valence-corrected chi connectivity index (χ1v) is 6.60. The Kier molecular flexibility index (Phi) is 4.68. The minimum absolute atomic E-state index is 0.629. The number of rotatable bonds is 5. The van der Waals surface area contributed by atoms with Crippen molar-refractivity contribution < 1.29 is 9.47 Å². The molecule has 0 aliphatic rings. The van der Waals surface area contributed by atoms with E-state index in [4.69, 9.17) is 14.7 Å². The molecule has 0 aliphatic heterocycles. The van der Waals surface area contributed by atoms with Crippen LogP contribution in [0.2, 0.25) is 0 Å². The van der Waals surface area contributed by atoms with Gasteiger partial charge in [0, 0.05) is 30.9 Å². The Bertz CT molecular complexity index is 662. The highest BCUT2D eigenvalue weighted by Crippen LogP contribution is 2.25. The Morgan fingerprint density at radius 2 is 1.90 bits per heavy atom. The SMILES string of the molecule is COc1cccc(N(C)Cc2cc(C#N)ccc2OC)c1. The van der Waals surface area contributed by atoms with Crippen molar-refractivity contribution in [3.8, 4) is 17.6 Å². The van der Waals surface area contributed by atoms with Crippen molar-refractivity contribution in [1.29, 1.82) is 5.26 Å². The first-order chi connectivity index (χ1) is 10.2. The number of hydrogen-bond acceptors (Lipinski definition) is 4. The average molecular weight is 282 g/mol. The van der Waals surface area contributed by atoms with Crippen LogP contribution in [-0.4, -0.2) is 21.3 Å². The third kappa shape index (κ3) is 3.46. The molecule has 0 N–H and O–H groups in total. The number of methoxy groups -OCH3 is 2. The van der Waals surface area contributed by atoms with Gasteiger partial charge in [-0.15, -0.1) is 0 Å². The van der Waals surface area contributed by atoms with Crippen molar-refractivity contribution >= 4 is 5.69 Å². The lowest BCUT2D eigenvalue weighted by atomic mass is 10.1. The summed E-state index contributed by atoms with van der Waals surface area (Å²) >= 11 is 0. The summed E-state index contributed by atoms with van der Waals surface area (Å²) in [7, 11) is 5.28. The molecule has 0 radical (unpaired) electrons. The van der Waals surface area contributed by atoms with E-state index in [1.54, 1.807) is 20.3 Å². The summed E-state index contributed by atoms with van der Waals surface area (Å²) in [5, 5.41) is 9.02. The quantitative estimate of drug-likeness (QED) is 0.844. The second-order valence-corrected chi connectivity index (χ2v) is 4.70. The highest BCUT2D eigenvalue weighted by Gasteiger charge is 2.09. The molecule has 0 unspecified atom stereocenters. The monoisotopic (exact) mass is 282 g/mol. The second kappa shape index (κ2) is 6.67. The molecule has 4 heteroatoms. The zero-order valence-electron chi connectivity index (χ0n) is 12.5. The molecule has 2 aromatic rings. The molecule has 0 heterocycles. The summed E-state index contributed by atoms with van der Waals surface area (Å²) in [6.07, 6.45) is 0. The lowest BCUT2D eigenvalue weighted by molar-refractivity contribution is 0.409. The molecule has 4 nitrogen and oxygen atoms in total. The second-order valence-electron chi connectivity index (χ2n) is 4.70. The maximum absolute atomic E-state index is 9.02. The van der Waals surface area contributed by atoms with Gasteiger partial charge in [-0.1, -0.05) is 6.07 Å². The number of benzene rings is 2. The van der Waals surface area contributed by atoms with Crippen molar-refractivity contribution in [1.82, 2.24) is 0 Å². The van der Waals surface area contributed by atoms with Crippen molar-refractivity contribution in [3.05, 3.63) is 53.6 Å². The Hall–Kier alpha value is -2.67. The highest BCUT2D eigenvalue weighted by atomic mass is 16.5. The molecule has 0 atom stereocenters. The van der Waals surface area contributed by atoms with Gasteiger partial charge in [0.2, 0.25) is 0 Å². The Labute approximate surface area is 125 Å². The maximum atomic E-state index is 9.02. The van der Waals surface area contributed by atoms with Crippen LogP contribution in [0.4, 0.5) is 5.69 Å². The first-order valence-electron chi connectivity index (χ1n) is 6.60. The standard InChI is InChI=1S/C17H18N2O2/c1-19(15-5-4-6-16(10-15)20-2)12-14-9-13(11-18)7-8-17(14)21-3/h4-10H,12H2,1-3H3. The molecule has 0 bridgehead atoms. The van der Waals surface area contributed by atoms with Crippen LogP contribution in [0.5, 0.6) is 11.5 Å². The van der Waals surface area contributed by atoms with Crippen molar-refractivity contribution in [3.63, 3.8) is 0 Å². The zero-order valence-corrected chi connectivity index (χ0v) is 12.5. The summed E-state index contributed by atoms with van der Waals surface area (Å²) in [5.41, 5.74) is 2.64. The first kappa shape index (κ1) is 14.7. The van der Waals surface area contributed by atoms with E-state index in [1.807, 2.05) is 43.4 Å². The van der Waals surface area contributed by atoms with Crippen molar-refractivity contribution in [2.45, 2.75) is 6.54 Å². The predicted octanol–water partition coefficient (Wildman–Crippen LogP) is 3.21. The zero-order chi connectivity index (χ0) is 15.2. The van der Waals surface area contributed by atoms with Crippen LogP contribution in [0.3, 0.4) is 0 Å². The molecule has 0 amide bonds. The van der Waals surface area contributed by atoms with Crippen LogP contribution in [0.1, 0.15) is 11.1 Å². The van der Waals surface area contributed by atoms with Gasteiger partial charge in [0.25, 0.3) is 0 Å². The molecule has 2 aromatic carbocycles. The van der Waals surface area contributed by atoms with Crippen molar-refractivity contribution in [2.75, 3.05) is 26.2 Å². The van der Waals surface area contributed by atoms with Crippen LogP contribution in [0, 0.1) is 11.3 Å². The molecule has 0 spiro atoms. The van der Waals surface area contributed by atoms with E-state index >= 15 is 0 Å². The Morgan fingerprint density at radius 1 is 1.10 bits per heavy atom. The van der Waals surface area contributed by atoms with Crippen LogP contribution in [0.15, 0.2) is 42.5 Å². The molecule has 108 valence electrons. The summed E-state index contributed by atoms with van der Waals surface area (Å²) in [4.78, 5) is 2.08. The van der Waals surface area contributed by atoms with Crippen LogP contribution in [0.25, 0.3) is 0 Å². The van der Waals surface area contributed by atoms with E-state index in [0.717, 1.165) is 22.7 Å². The molecule has 0 saturated heterocycles. The van der Waals surface area contributed by atoms with Gasteiger partial charge in [-0.3, -0.25) is 0 Å². The van der Waals surface area contributed by atoms with E-state index in [0.29, 0.717) is 12.1 Å². The largest absolute Gasteiger partial charge is 0.497 e. The number of hydrogen-bond donors (Lipinski definition) is 0. The third-order valence-electron chi connectivity index (χ3n) is 3.31. The van der Waals surface area contributed by atoms with Gasteiger partial charge < -0.3 is 14.4 Å². The van der Waals surface area contributed by atoms with Gasteiger partial charge >= 0.3 is 0 Å². The minimum atomic E-state index is 0.629. The molecular formula is C17H18N2O2. The van der Waals surface area contributed by atoms with Gasteiger partial charge in [0.05, 0.1) is 25.9 Å². The molecule has 0 aliphatic carbocycles. The maximum Gasteiger partial charge on any atom is 0.123 e. The molecular weight excluding hydrogens is 264 g/mol. The summed E-state index contributed by atoms with van der Waals surface area (Å²) in [6, 6.07) is 15.4. The summed E-state index contributed by atoms with van der Waals surface area (Å²) in [5.74, 6) is 1.60. The predicted molar refractivity (Wildman–Crippen MR) is 82.8 cm³/mol. The van der Waals surface area contributed by atoms with Crippen LogP contribution < -0.4 is 14.4 Å². The molecule has 0 aromatic heterocycles. The smallest absolute Gasteiger partial charge is 0.123 e. The third-order valence-corrected chi connectivity index (χ3v) is 3.31. The van der Waals surface area contributed by atoms with Crippen LogP contribution in [-0.2, 0) is 6.54 Å². The van der Waals surface area contributed by atoms with E-state index in [-0.39, 0.29) is 0 Å². The van der Waals surface area contributed by atoms with E-state index in [2.05, 4.69) is 11.0 Å². The number of ether oxygens (including phenoxy) is 2. The van der Waals surface area contributed by atoms with Gasteiger partial charge in [-0.2, -0.15) is 5.26 Å². The lowest BCUT2D eigenvalue weighted by Gasteiger charge is -2.21. The van der Waals surface area contributed by atoms with E-state index < -0.39 is 0 Å². The lowest BCUT2D eigenvalue weighted by Crippen LogP contribution is -2.17. The summed E-state index contributed by atoms with van der Waals surface area (Å²) in [6.45, 7) is 0.645. The van der Waals surface area contributed by atoms with Crippen LogP contribution >= 0.6 is 0 Å². The van der Waals surface area contributed by atoms with Gasteiger partial charge in [0.1, 0.15) is 11.5 Å². The van der Waals surface area contributed by atoms with E-state index in [1.165, 1.54) is 0 Å². The normalized spacial score (nSPS) is 9.81. The number of nitriles is 1. The molecule has 2 rings (SSSR count). The topological polar surface area (TPSA) is 45.5 Å². The molecule has 21 heavy (non-hydrogen) atoms. The van der Waals surface area contributed by atoms with E-state index in [9.17, 15) is 0 Å². The number of nitrogens with zero attached hydrogens (tertiary/aromatic N) is 2. The fraction of sp³-hybridized carbons (Fsp3) is 0.235. The average Bonchev–Trinajstić information content (AvgIpc) is 2.54.